The van der Waals surface area contributed by atoms with E-state index in [4.69, 9.17) is 4.74 Å². The molecule has 5 rings (SSSR count). The lowest BCUT2D eigenvalue weighted by Crippen LogP contribution is -2.41. The second-order valence-corrected chi connectivity index (χ2v) is 8.36. The van der Waals surface area contributed by atoms with Crippen molar-refractivity contribution in [3.63, 3.8) is 0 Å². The lowest BCUT2D eigenvalue weighted by Gasteiger charge is -2.24. The number of benzene rings is 1. The number of imide groups is 1. The van der Waals surface area contributed by atoms with E-state index in [0.717, 1.165) is 25.3 Å². The van der Waals surface area contributed by atoms with Crippen LogP contribution in [0.25, 0.3) is 0 Å². The highest BCUT2D eigenvalue weighted by molar-refractivity contribution is 6.22. The zero-order chi connectivity index (χ0) is 18.5. The lowest BCUT2D eigenvalue weighted by molar-refractivity contribution is -0.122. The maximum atomic E-state index is 13.1. The molecular formula is C22H26N2O3. The molecule has 5 nitrogen and oxygen atoms in total. The van der Waals surface area contributed by atoms with E-state index in [-0.39, 0.29) is 17.9 Å². The van der Waals surface area contributed by atoms with Crippen LogP contribution in [-0.4, -0.2) is 42.5 Å². The summed E-state index contributed by atoms with van der Waals surface area (Å²) < 4.78 is 5.59. The molecule has 27 heavy (non-hydrogen) atoms. The number of hydrogen-bond donors (Lipinski definition) is 0. The van der Waals surface area contributed by atoms with Gasteiger partial charge >= 0.3 is 0 Å². The van der Waals surface area contributed by atoms with Gasteiger partial charge in [-0.05, 0) is 60.8 Å². The zero-order valence-corrected chi connectivity index (χ0v) is 15.7. The number of hydrogen-bond acceptors (Lipinski definition) is 4. The van der Waals surface area contributed by atoms with E-state index in [9.17, 15) is 9.59 Å². The number of rotatable bonds is 5. The molecule has 0 radical (unpaired) electrons. The third kappa shape index (κ3) is 2.71. The number of nitrogens with zero attached hydrogens (tertiary/aromatic N) is 2. The quantitative estimate of drug-likeness (QED) is 0.594. The number of fused-ring (bicyclic) bond motifs is 5. The minimum absolute atomic E-state index is 0.0671. The predicted molar refractivity (Wildman–Crippen MR) is 102 cm³/mol. The van der Waals surface area contributed by atoms with Crippen molar-refractivity contribution in [1.82, 2.24) is 4.90 Å². The van der Waals surface area contributed by atoms with Gasteiger partial charge in [-0.3, -0.25) is 14.5 Å². The summed E-state index contributed by atoms with van der Waals surface area (Å²) in [6, 6.07) is 7.00. The van der Waals surface area contributed by atoms with Gasteiger partial charge in [0.1, 0.15) is 5.75 Å². The maximum absolute atomic E-state index is 13.1. The van der Waals surface area contributed by atoms with Gasteiger partial charge in [-0.25, -0.2) is 4.90 Å². The number of carbonyl (C=O) groups is 2. The molecule has 2 saturated heterocycles. The van der Waals surface area contributed by atoms with Crippen LogP contribution in [0.3, 0.4) is 0 Å². The first-order valence-electron chi connectivity index (χ1n) is 10.2. The smallest absolute Gasteiger partial charge is 0.251 e. The second kappa shape index (κ2) is 6.48. The summed E-state index contributed by atoms with van der Waals surface area (Å²) in [6.07, 6.45) is 7.27. The van der Waals surface area contributed by atoms with Crippen LogP contribution in [-0.2, 0) is 9.59 Å². The van der Waals surface area contributed by atoms with Crippen molar-refractivity contribution in [2.75, 3.05) is 24.6 Å². The Labute approximate surface area is 160 Å². The molecule has 1 aromatic rings. The van der Waals surface area contributed by atoms with Crippen LogP contribution in [0.1, 0.15) is 26.2 Å². The Morgan fingerprint density at radius 1 is 1.04 bits per heavy atom. The van der Waals surface area contributed by atoms with Crippen molar-refractivity contribution in [1.29, 1.82) is 0 Å². The minimum atomic E-state index is -0.293. The summed E-state index contributed by atoms with van der Waals surface area (Å²) in [7, 11) is 0. The monoisotopic (exact) mass is 366 g/mol. The highest BCUT2D eigenvalue weighted by Gasteiger charge is 2.53. The van der Waals surface area contributed by atoms with Gasteiger partial charge in [-0.15, -0.1) is 0 Å². The van der Waals surface area contributed by atoms with Gasteiger partial charge in [0, 0.05) is 13.1 Å². The lowest BCUT2D eigenvalue weighted by atomic mass is 9.86. The molecule has 2 bridgehead atoms. The molecule has 0 spiro atoms. The van der Waals surface area contributed by atoms with Gasteiger partial charge in [0.05, 0.1) is 24.8 Å². The number of likely N-dealkylation sites (tertiary alicyclic amines) is 1. The molecular weight excluding hydrogens is 340 g/mol. The van der Waals surface area contributed by atoms with E-state index in [1.54, 1.807) is 0 Å². The molecule has 1 saturated carbocycles. The molecule has 2 heterocycles. The first-order chi connectivity index (χ1) is 13.2. The minimum Gasteiger partial charge on any atom is -0.494 e. The highest BCUT2D eigenvalue weighted by atomic mass is 16.5. The van der Waals surface area contributed by atoms with Crippen molar-refractivity contribution in [3.8, 4) is 5.75 Å². The summed E-state index contributed by atoms with van der Waals surface area (Å²) in [5.41, 5.74) is 0.650. The van der Waals surface area contributed by atoms with Gasteiger partial charge in [0.2, 0.25) is 5.91 Å². The van der Waals surface area contributed by atoms with Crippen molar-refractivity contribution < 1.29 is 14.3 Å². The Kier molecular flexibility index (Phi) is 4.08. The topological polar surface area (TPSA) is 49.9 Å². The summed E-state index contributed by atoms with van der Waals surface area (Å²) >= 11 is 0. The van der Waals surface area contributed by atoms with Crippen LogP contribution in [0.2, 0.25) is 0 Å². The van der Waals surface area contributed by atoms with E-state index >= 15 is 0 Å². The zero-order valence-electron chi connectivity index (χ0n) is 15.7. The van der Waals surface area contributed by atoms with Crippen molar-refractivity contribution in [2.24, 2.45) is 23.7 Å². The van der Waals surface area contributed by atoms with Crippen molar-refractivity contribution in [2.45, 2.75) is 32.2 Å². The first kappa shape index (κ1) is 17.0. The van der Waals surface area contributed by atoms with Gasteiger partial charge < -0.3 is 4.74 Å². The van der Waals surface area contributed by atoms with Crippen molar-refractivity contribution in [3.05, 3.63) is 36.4 Å². The SMILES string of the molecule is CCCOc1ccc(N2C(=O)CC(N3C[C@@H]4[C@H](C3)[C@@H]3C=C[C@H]4C3)C2=O)cc1. The number of carbonyl (C=O) groups excluding carboxylic acids is 2. The third-order valence-electron chi connectivity index (χ3n) is 6.82. The summed E-state index contributed by atoms with van der Waals surface area (Å²) in [5, 5.41) is 0. The maximum Gasteiger partial charge on any atom is 0.251 e. The molecule has 5 atom stereocenters. The van der Waals surface area contributed by atoms with Crippen LogP contribution in [0.4, 0.5) is 5.69 Å². The van der Waals surface area contributed by atoms with Gasteiger partial charge in [-0.1, -0.05) is 19.1 Å². The molecule has 3 fully saturated rings. The number of allylic oxidation sites excluding steroid dienone is 2. The molecule has 5 heteroatoms. The molecule has 2 amide bonds. The fourth-order valence-electron chi connectivity index (χ4n) is 5.52. The van der Waals surface area contributed by atoms with E-state index in [2.05, 4.69) is 24.0 Å². The Balaban J connectivity index is 1.29. The normalized spacial score (nSPS) is 34.7. The number of ether oxygens (including phenoxy) is 1. The van der Waals surface area contributed by atoms with Crippen LogP contribution in [0, 0.1) is 23.7 Å². The molecule has 0 N–H and O–H groups in total. The summed E-state index contributed by atoms with van der Waals surface area (Å²) in [4.78, 5) is 29.4. The van der Waals surface area contributed by atoms with Crippen LogP contribution in [0.5, 0.6) is 5.75 Å². The molecule has 1 unspecified atom stereocenters. The molecule has 142 valence electrons. The largest absolute Gasteiger partial charge is 0.494 e. The molecule has 2 aliphatic heterocycles. The van der Waals surface area contributed by atoms with E-state index in [0.29, 0.717) is 42.4 Å². The van der Waals surface area contributed by atoms with Crippen LogP contribution >= 0.6 is 0 Å². The van der Waals surface area contributed by atoms with Crippen LogP contribution < -0.4 is 9.64 Å². The van der Waals surface area contributed by atoms with Gasteiger partial charge in [-0.2, -0.15) is 0 Å². The van der Waals surface area contributed by atoms with E-state index < -0.39 is 0 Å². The van der Waals surface area contributed by atoms with Gasteiger partial charge in [0.15, 0.2) is 0 Å². The first-order valence-corrected chi connectivity index (χ1v) is 10.2. The standard InChI is InChI=1S/C22H26N2O3/c1-2-9-27-17-7-5-16(6-8-17)24-21(25)11-20(22(24)26)23-12-18-14-3-4-15(10-14)19(18)13-23/h3-8,14-15,18-20H,2,9-13H2,1H3/t14-,15+,18-,19+,20?. The van der Waals surface area contributed by atoms with Gasteiger partial charge in [0.25, 0.3) is 5.91 Å². The molecule has 4 aliphatic rings. The Bertz CT molecular complexity index is 767. The third-order valence-corrected chi connectivity index (χ3v) is 6.82. The number of amides is 2. The average Bonchev–Trinajstić information content (AvgIpc) is 3.42. The number of anilines is 1. The molecule has 1 aromatic carbocycles. The van der Waals surface area contributed by atoms with Crippen LogP contribution in [0.15, 0.2) is 36.4 Å². The summed E-state index contributed by atoms with van der Waals surface area (Å²) in [6.45, 7) is 4.64. The summed E-state index contributed by atoms with van der Waals surface area (Å²) in [5.74, 6) is 3.33. The Morgan fingerprint density at radius 2 is 1.70 bits per heavy atom. The highest BCUT2D eigenvalue weighted by Crippen LogP contribution is 2.52. The van der Waals surface area contributed by atoms with Crippen molar-refractivity contribution >= 4 is 17.5 Å². The Morgan fingerprint density at radius 3 is 2.33 bits per heavy atom. The Hall–Kier alpha value is -2.14. The fraction of sp³-hybridized carbons (Fsp3) is 0.545. The fourth-order valence-corrected chi connectivity index (χ4v) is 5.52. The molecule has 0 aromatic heterocycles. The van der Waals surface area contributed by atoms with E-state index in [1.165, 1.54) is 11.3 Å². The molecule has 2 aliphatic carbocycles. The van der Waals surface area contributed by atoms with E-state index in [1.807, 2.05) is 24.3 Å². The average molecular weight is 366 g/mol. The second-order valence-electron chi connectivity index (χ2n) is 8.36. The predicted octanol–water partition coefficient (Wildman–Crippen LogP) is 2.86.